The smallest absolute Gasteiger partial charge is 0.406 e. The van der Waals surface area contributed by atoms with E-state index in [-0.39, 0.29) is 24.6 Å². The fourth-order valence-corrected chi connectivity index (χ4v) is 1.72. The van der Waals surface area contributed by atoms with E-state index < -0.39 is 12.5 Å². The molecule has 0 bridgehead atoms. The average molecular weight is 305 g/mol. The Labute approximate surface area is 120 Å². The summed E-state index contributed by atoms with van der Waals surface area (Å²) in [5, 5.41) is 12.0. The van der Waals surface area contributed by atoms with E-state index in [4.69, 9.17) is 0 Å². The Morgan fingerprint density at radius 1 is 1.33 bits per heavy atom. The van der Waals surface area contributed by atoms with Crippen molar-refractivity contribution < 1.29 is 27.8 Å². The van der Waals surface area contributed by atoms with Crippen LogP contribution < -0.4 is 10.1 Å². The Hall–Kier alpha value is -1.76. The largest absolute Gasteiger partial charge is 0.573 e. The summed E-state index contributed by atoms with van der Waals surface area (Å²) >= 11 is 0. The highest BCUT2D eigenvalue weighted by atomic mass is 19.4. The maximum Gasteiger partial charge on any atom is 0.573 e. The highest BCUT2D eigenvalue weighted by molar-refractivity contribution is 5.78. The zero-order valence-corrected chi connectivity index (χ0v) is 11.6. The molecule has 0 aliphatic carbocycles. The van der Waals surface area contributed by atoms with Gasteiger partial charge in [-0.1, -0.05) is 25.5 Å². The van der Waals surface area contributed by atoms with Gasteiger partial charge in [0.2, 0.25) is 5.91 Å². The van der Waals surface area contributed by atoms with Crippen LogP contribution in [-0.2, 0) is 11.2 Å². The SMILES string of the molecule is CCCC(O)CNC(=O)Cc1ccc(OC(F)(F)F)cc1. The van der Waals surface area contributed by atoms with Gasteiger partial charge in [0.25, 0.3) is 0 Å². The Morgan fingerprint density at radius 3 is 2.48 bits per heavy atom. The van der Waals surface area contributed by atoms with E-state index in [9.17, 15) is 23.1 Å². The first-order chi connectivity index (χ1) is 9.80. The molecule has 4 nitrogen and oxygen atoms in total. The molecule has 0 spiro atoms. The summed E-state index contributed by atoms with van der Waals surface area (Å²) in [4.78, 5) is 11.6. The minimum absolute atomic E-state index is 0.0329. The second kappa shape index (κ2) is 7.87. The van der Waals surface area contributed by atoms with Crippen LogP contribution in [0, 0.1) is 0 Å². The number of hydrogen-bond donors (Lipinski definition) is 2. The number of halogens is 3. The van der Waals surface area contributed by atoms with Gasteiger partial charge in [0.15, 0.2) is 0 Å². The zero-order valence-electron chi connectivity index (χ0n) is 11.6. The Morgan fingerprint density at radius 2 is 1.95 bits per heavy atom. The fourth-order valence-electron chi connectivity index (χ4n) is 1.72. The zero-order chi connectivity index (χ0) is 15.9. The molecular weight excluding hydrogens is 287 g/mol. The minimum Gasteiger partial charge on any atom is -0.406 e. The van der Waals surface area contributed by atoms with Crippen molar-refractivity contribution in [2.75, 3.05) is 6.54 Å². The van der Waals surface area contributed by atoms with Gasteiger partial charge in [-0.3, -0.25) is 4.79 Å². The number of carbonyl (C=O) groups excluding carboxylic acids is 1. The molecule has 0 fully saturated rings. The van der Waals surface area contributed by atoms with Crippen LogP contribution in [0.15, 0.2) is 24.3 Å². The molecule has 0 saturated heterocycles. The molecule has 0 heterocycles. The Kier molecular flexibility index (Phi) is 6.48. The maximum atomic E-state index is 12.0. The summed E-state index contributed by atoms with van der Waals surface area (Å²) < 4.78 is 39.7. The van der Waals surface area contributed by atoms with Crippen molar-refractivity contribution in [3.63, 3.8) is 0 Å². The van der Waals surface area contributed by atoms with Crippen LogP contribution >= 0.6 is 0 Å². The molecule has 21 heavy (non-hydrogen) atoms. The first-order valence-electron chi connectivity index (χ1n) is 6.59. The Balaban J connectivity index is 2.43. The number of rotatable bonds is 7. The van der Waals surface area contributed by atoms with E-state index >= 15 is 0 Å². The number of hydrogen-bond acceptors (Lipinski definition) is 3. The molecule has 1 aromatic carbocycles. The molecule has 0 aliphatic rings. The van der Waals surface area contributed by atoms with Crippen molar-refractivity contribution in [3.05, 3.63) is 29.8 Å². The summed E-state index contributed by atoms with van der Waals surface area (Å²) in [5.41, 5.74) is 0.562. The number of benzene rings is 1. The van der Waals surface area contributed by atoms with Gasteiger partial charge >= 0.3 is 6.36 Å². The lowest BCUT2D eigenvalue weighted by Crippen LogP contribution is -2.33. The van der Waals surface area contributed by atoms with E-state index in [0.717, 1.165) is 18.6 Å². The highest BCUT2D eigenvalue weighted by Gasteiger charge is 2.30. The van der Waals surface area contributed by atoms with Gasteiger partial charge in [-0.25, -0.2) is 0 Å². The van der Waals surface area contributed by atoms with Gasteiger partial charge < -0.3 is 15.2 Å². The molecule has 0 aliphatic heterocycles. The van der Waals surface area contributed by atoms with Crippen LogP contribution in [0.1, 0.15) is 25.3 Å². The van der Waals surface area contributed by atoms with Gasteiger partial charge in [-0.05, 0) is 24.1 Å². The van der Waals surface area contributed by atoms with Crippen molar-refractivity contribution in [3.8, 4) is 5.75 Å². The second-order valence-corrected chi connectivity index (χ2v) is 4.62. The molecule has 2 N–H and O–H groups in total. The van der Waals surface area contributed by atoms with Crippen LogP contribution in [0.5, 0.6) is 5.75 Å². The molecule has 1 amide bonds. The predicted molar refractivity (Wildman–Crippen MR) is 70.8 cm³/mol. The van der Waals surface area contributed by atoms with Crippen LogP contribution in [0.3, 0.4) is 0 Å². The monoisotopic (exact) mass is 305 g/mol. The highest BCUT2D eigenvalue weighted by Crippen LogP contribution is 2.22. The molecule has 1 rings (SSSR count). The van der Waals surface area contributed by atoms with Crippen molar-refractivity contribution in [1.29, 1.82) is 0 Å². The first kappa shape index (κ1) is 17.3. The fraction of sp³-hybridized carbons (Fsp3) is 0.500. The van der Waals surface area contributed by atoms with E-state index in [2.05, 4.69) is 10.1 Å². The van der Waals surface area contributed by atoms with Crippen molar-refractivity contribution in [2.24, 2.45) is 0 Å². The lowest BCUT2D eigenvalue weighted by atomic mass is 10.1. The molecular formula is C14H18F3NO3. The van der Waals surface area contributed by atoms with Gasteiger partial charge in [-0.2, -0.15) is 0 Å². The minimum atomic E-state index is -4.73. The number of nitrogens with one attached hydrogen (secondary N) is 1. The predicted octanol–water partition coefficient (Wildman–Crippen LogP) is 2.40. The van der Waals surface area contributed by atoms with Crippen molar-refractivity contribution >= 4 is 5.91 Å². The van der Waals surface area contributed by atoms with Gasteiger partial charge in [0.1, 0.15) is 5.75 Å². The average Bonchev–Trinajstić information content (AvgIpc) is 2.37. The summed E-state index contributed by atoms with van der Waals surface area (Å²) in [7, 11) is 0. The number of amides is 1. The number of alkyl halides is 3. The van der Waals surface area contributed by atoms with Crippen LogP contribution in [-0.4, -0.2) is 30.0 Å². The van der Waals surface area contributed by atoms with Crippen molar-refractivity contribution in [2.45, 2.75) is 38.7 Å². The number of aliphatic hydroxyl groups excluding tert-OH is 1. The van der Waals surface area contributed by atoms with E-state index in [0.29, 0.717) is 12.0 Å². The van der Waals surface area contributed by atoms with E-state index in [1.165, 1.54) is 12.1 Å². The van der Waals surface area contributed by atoms with Crippen molar-refractivity contribution in [1.82, 2.24) is 5.32 Å². The van der Waals surface area contributed by atoms with Crippen LogP contribution in [0.4, 0.5) is 13.2 Å². The van der Waals surface area contributed by atoms with Gasteiger partial charge in [-0.15, -0.1) is 13.2 Å². The number of aliphatic hydroxyl groups is 1. The van der Waals surface area contributed by atoms with Gasteiger partial charge in [0, 0.05) is 6.54 Å². The first-order valence-corrected chi connectivity index (χ1v) is 6.59. The maximum absolute atomic E-state index is 12.0. The third-order valence-electron chi connectivity index (χ3n) is 2.68. The molecule has 118 valence electrons. The van der Waals surface area contributed by atoms with E-state index in [1.54, 1.807) is 0 Å². The summed E-state index contributed by atoms with van der Waals surface area (Å²) in [5.74, 6) is -0.625. The number of ether oxygens (including phenoxy) is 1. The van der Waals surface area contributed by atoms with Gasteiger partial charge in [0.05, 0.1) is 12.5 Å². The topological polar surface area (TPSA) is 58.6 Å². The Bertz CT molecular complexity index is 446. The molecule has 1 aromatic rings. The molecule has 0 aromatic heterocycles. The lowest BCUT2D eigenvalue weighted by Gasteiger charge is -2.11. The molecule has 1 unspecified atom stereocenters. The third-order valence-corrected chi connectivity index (χ3v) is 2.68. The summed E-state index contributed by atoms with van der Waals surface area (Å²) in [6.45, 7) is 2.09. The lowest BCUT2D eigenvalue weighted by molar-refractivity contribution is -0.274. The normalized spacial score (nSPS) is 12.8. The summed E-state index contributed by atoms with van der Waals surface area (Å²) in [6, 6.07) is 5.09. The van der Waals surface area contributed by atoms with Crippen LogP contribution in [0.2, 0.25) is 0 Å². The molecule has 7 heteroatoms. The third kappa shape index (κ3) is 7.55. The molecule has 1 atom stereocenters. The molecule has 0 radical (unpaired) electrons. The number of carbonyl (C=O) groups is 1. The molecule has 0 saturated carbocycles. The summed E-state index contributed by atoms with van der Waals surface area (Å²) in [6.07, 6.45) is -3.86. The standard InChI is InChI=1S/C14H18F3NO3/c1-2-3-11(19)9-18-13(20)8-10-4-6-12(7-5-10)21-14(15,16)17/h4-7,11,19H,2-3,8-9H2,1H3,(H,18,20). The second-order valence-electron chi connectivity index (χ2n) is 4.62. The quantitative estimate of drug-likeness (QED) is 0.813. The van der Waals surface area contributed by atoms with E-state index in [1.807, 2.05) is 6.92 Å². The van der Waals surface area contributed by atoms with Crippen LogP contribution in [0.25, 0.3) is 0 Å².